The van der Waals surface area contributed by atoms with E-state index in [0.29, 0.717) is 18.6 Å². The van der Waals surface area contributed by atoms with E-state index < -0.39 is 47.7 Å². The molecule has 1 fully saturated rings. The number of aliphatic hydroxyl groups excluding tert-OH is 1. The van der Waals surface area contributed by atoms with Crippen molar-refractivity contribution >= 4 is 33.7 Å². The van der Waals surface area contributed by atoms with Crippen LogP contribution in [0.2, 0.25) is 0 Å². The number of amides is 2. The first-order valence-electron chi connectivity index (χ1n) is 15.5. The molecule has 2 aliphatic rings. The Hall–Kier alpha value is -3.71. The molecule has 5 rings (SSSR count). The predicted molar refractivity (Wildman–Crippen MR) is 175 cm³/mol. The molecule has 0 saturated carbocycles. The molecule has 2 aliphatic heterocycles. The summed E-state index contributed by atoms with van der Waals surface area (Å²) in [5, 5.41) is 21.3. The van der Waals surface area contributed by atoms with Gasteiger partial charge in [0.25, 0.3) is 0 Å². The van der Waals surface area contributed by atoms with Crippen molar-refractivity contribution in [1.29, 1.82) is 0 Å². The van der Waals surface area contributed by atoms with Gasteiger partial charge in [-0.3, -0.25) is 9.59 Å². The number of rotatable bonds is 15. The number of cyclic esters (lactones) is 1. The molecule has 0 bridgehead atoms. The summed E-state index contributed by atoms with van der Waals surface area (Å²) in [5.74, 6) is -4.22. The van der Waals surface area contributed by atoms with E-state index in [-0.39, 0.29) is 43.8 Å². The fourth-order valence-electron chi connectivity index (χ4n) is 5.63. The largest absolute Gasteiger partial charge is 0.446 e. The molecule has 2 amide bonds. The topological polar surface area (TPSA) is 132 Å². The number of carbonyl (C=O) groups is 3. The summed E-state index contributed by atoms with van der Waals surface area (Å²) >= 11 is 3.30. The van der Waals surface area contributed by atoms with Crippen molar-refractivity contribution in [2.75, 3.05) is 26.4 Å². The zero-order valence-electron chi connectivity index (χ0n) is 25.8. The molecular weight excluding hydrogens is 670 g/mol. The average Bonchev–Trinajstić information content (AvgIpc) is 3.49. The number of aliphatic hydroxyl groups is 2. The third kappa shape index (κ3) is 8.81. The monoisotopic (exact) mass is 707 g/mol. The SMILES string of the molecule is O=C1C=C(Br)[C@@](O)(CCCOC[C@@H](CO)OCc2ccccc2)O[C@H]1[C@H](Cc1ccccc1)C(=O)N1C(=O)OC[C@@H]1c1ccccc1. The minimum Gasteiger partial charge on any atom is -0.446 e. The lowest BCUT2D eigenvalue weighted by Gasteiger charge is -2.38. The van der Waals surface area contributed by atoms with Crippen LogP contribution in [0.3, 0.4) is 0 Å². The second kappa shape index (κ2) is 16.4. The van der Waals surface area contributed by atoms with Crippen LogP contribution in [-0.2, 0) is 41.6 Å². The standard InChI is InChI=1S/C36H38BrNO9/c37-32-20-31(40)33(47-36(32,43)17-10-18-44-23-28(21-39)45-22-26-13-6-2-7-14-26)29(19-25-11-4-1-5-12-25)34(41)38-30(24-46-35(38)42)27-15-8-3-9-16-27/h1-9,11-16,20,28-30,33,39,43H,10,17-19,21-24H2/t28-,29+,30-,33+,36-/m1/s1. The summed E-state index contributed by atoms with van der Waals surface area (Å²) in [7, 11) is 0. The van der Waals surface area contributed by atoms with Gasteiger partial charge in [-0.25, -0.2) is 9.69 Å². The van der Waals surface area contributed by atoms with Crippen LogP contribution in [0, 0.1) is 5.92 Å². The van der Waals surface area contributed by atoms with E-state index in [1.165, 1.54) is 6.08 Å². The minimum absolute atomic E-state index is 0.0179. The van der Waals surface area contributed by atoms with Crippen LogP contribution in [0.5, 0.6) is 0 Å². The van der Waals surface area contributed by atoms with Crippen molar-refractivity contribution in [3.05, 3.63) is 118 Å². The Balaban J connectivity index is 1.26. The van der Waals surface area contributed by atoms with Gasteiger partial charge in [-0.2, -0.15) is 0 Å². The van der Waals surface area contributed by atoms with Crippen molar-refractivity contribution in [2.45, 2.75) is 49.9 Å². The molecule has 1 saturated heterocycles. The number of ketones is 1. The van der Waals surface area contributed by atoms with Crippen molar-refractivity contribution in [3.8, 4) is 0 Å². The maximum absolute atomic E-state index is 14.2. The third-order valence-electron chi connectivity index (χ3n) is 8.16. The molecule has 11 heteroatoms. The van der Waals surface area contributed by atoms with Gasteiger partial charge in [0.1, 0.15) is 24.9 Å². The number of halogens is 1. The molecule has 47 heavy (non-hydrogen) atoms. The highest BCUT2D eigenvalue weighted by molar-refractivity contribution is 9.11. The van der Waals surface area contributed by atoms with Crippen LogP contribution >= 0.6 is 15.9 Å². The van der Waals surface area contributed by atoms with E-state index in [4.69, 9.17) is 18.9 Å². The lowest BCUT2D eigenvalue weighted by molar-refractivity contribution is -0.219. The van der Waals surface area contributed by atoms with Gasteiger partial charge in [0, 0.05) is 13.0 Å². The first kappa shape index (κ1) is 34.6. The van der Waals surface area contributed by atoms with Crippen LogP contribution in [0.1, 0.15) is 35.6 Å². The fourth-order valence-corrected chi connectivity index (χ4v) is 6.15. The Kier molecular flexibility index (Phi) is 12.1. The number of imide groups is 1. The molecule has 10 nitrogen and oxygen atoms in total. The van der Waals surface area contributed by atoms with Crippen molar-refractivity contribution < 1.29 is 43.5 Å². The van der Waals surface area contributed by atoms with Gasteiger partial charge in [0.2, 0.25) is 5.91 Å². The van der Waals surface area contributed by atoms with Crippen LogP contribution < -0.4 is 0 Å². The summed E-state index contributed by atoms with van der Waals surface area (Å²) in [6, 6.07) is 27.1. The number of ether oxygens (including phenoxy) is 4. The molecule has 0 spiro atoms. The molecule has 2 heterocycles. The van der Waals surface area contributed by atoms with Gasteiger partial charge >= 0.3 is 6.09 Å². The second-order valence-electron chi connectivity index (χ2n) is 11.5. The predicted octanol–water partition coefficient (Wildman–Crippen LogP) is 4.88. The van der Waals surface area contributed by atoms with Crippen LogP contribution in [-0.4, -0.2) is 77.3 Å². The Morgan fingerprint density at radius 2 is 1.62 bits per heavy atom. The van der Waals surface area contributed by atoms with Gasteiger partial charge in [-0.05, 0) is 51.5 Å². The summed E-state index contributed by atoms with van der Waals surface area (Å²) < 4.78 is 23.0. The highest BCUT2D eigenvalue weighted by Crippen LogP contribution is 2.39. The van der Waals surface area contributed by atoms with E-state index in [9.17, 15) is 24.6 Å². The van der Waals surface area contributed by atoms with Gasteiger partial charge in [-0.1, -0.05) is 91.0 Å². The second-order valence-corrected chi connectivity index (χ2v) is 12.4. The molecule has 0 aromatic heterocycles. The van der Waals surface area contributed by atoms with Crippen LogP contribution in [0.15, 0.2) is 102 Å². The molecule has 3 aromatic carbocycles. The normalized spacial score (nSPS) is 22.4. The summed E-state index contributed by atoms with van der Waals surface area (Å²) in [4.78, 5) is 41.7. The van der Waals surface area contributed by atoms with E-state index >= 15 is 0 Å². The first-order chi connectivity index (χ1) is 22.8. The van der Waals surface area contributed by atoms with Gasteiger partial charge in [0.15, 0.2) is 11.6 Å². The van der Waals surface area contributed by atoms with Gasteiger partial charge in [0.05, 0.1) is 30.2 Å². The van der Waals surface area contributed by atoms with Gasteiger partial charge < -0.3 is 29.2 Å². The molecule has 2 N–H and O–H groups in total. The fraction of sp³-hybridized carbons (Fsp3) is 0.361. The quantitative estimate of drug-likeness (QED) is 0.212. The number of benzene rings is 3. The Morgan fingerprint density at radius 3 is 2.28 bits per heavy atom. The lowest BCUT2D eigenvalue weighted by Crippen LogP contribution is -2.52. The Morgan fingerprint density at radius 1 is 0.979 bits per heavy atom. The molecular formula is C36H38BrNO9. The molecule has 0 unspecified atom stereocenters. The molecule has 0 aliphatic carbocycles. The number of carbonyl (C=O) groups excluding carboxylic acids is 3. The highest BCUT2D eigenvalue weighted by atomic mass is 79.9. The van der Waals surface area contributed by atoms with E-state index in [0.717, 1.165) is 16.0 Å². The Bertz CT molecular complexity index is 1520. The number of nitrogens with zero attached hydrogens (tertiary/aromatic N) is 1. The zero-order valence-corrected chi connectivity index (χ0v) is 27.4. The smallest absolute Gasteiger partial charge is 0.417 e. The van der Waals surface area contributed by atoms with Crippen LogP contribution in [0.4, 0.5) is 4.79 Å². The minimum atomic E-state index is -1.93. The lowest BCUT2D eigenvalue weighted by atomic mass is 9.87. The summed E-state index contributed by atoms with van der Waals surface area (Å²) in [5.41, 5.74) is 2.45. The molecule has 0 radical (unpaired) electrons. The van der Waals surface area contributed by atoms with E-state index in [1.54, 1.807) is 12.1 Å². The van der Waals surface area contributed by atoms with E-state index in [2.05, 4.69) is 15.9 Å². The average molecular weight is 709 g/mol. The third-order valence-corrected chi connectivity index (χ3v) is 9.01. The highest BCUT2D eigenvalue weighted by Gasteiger charge is 2.50. The van der Waals surface area contributed by atoms with Crippen LogP contribution in [0.25, 0.3) is 0 Å². The molecule has 3 aromatic rings. The molecule has 5 atom stereocenters. The number of hydrogen-bond donors (Lipinski definition) is 2. The van der Waals surface area contributed by atoms with Crippen molar-refractivity contribution in [1.82, 2.24) is 4.90 Å². The Labute approximate surface area is 282 Å². The molecule has 248 valence electrons. The summed E-state index contributed by atoms with van der Waals surface area (Å²) in [6.45, 7) is 0.449. The maximum atomic E-state index is 14.2. The summed E-state index contributed by atoms with van der Waals surface area (Å²) in [6.07, 6.45) is -1.04. The van der Waals surface area contributed by atoms with E-state index in [1.807, 2.05) is 78.9 Å². The first-order valence-corrected chi connectivity index (χ1v) is 16.3. The zero-order chi connectivity index (χ0) is 33.2. The maximum Gasteiger partial charge on any atom is 0.417 e. The number of hydrogen-bond acceptors (Lipinski definition) is 9. The van der Waals surface area contributed by atoms with Crippen molar-refractivity contribution in [2.24, 2.45) is 5.92 Å². The van der Waals surface area contributed by atoms with Crippen molar-refractivity contribution in [3.63, 3.8) is 0 Å². The van der Waals surface area contributed by atoms with Gasteiger partial charge in [-0.15, -0.1) is 0 Å².